The van der Waals surface area contributed by atoms with E-state index in [4.69, 9.17) is 11.0 Å². The van der Waals surface area contributed by atoms with Gasteiger partial charge in [0.25, 0.3) is 0 Å². The van der Waals surface area contributed by atoms with E-state index >= 15 is 0 Å². The van der Waals surface area contributed by atoms with E-state index in [9.17, 15) is 4.79 Å². The summed E-state index contributed by atoms with van der Waals surface area (Å²) in [6, 6.07) is 2.04. The standard InChI is InChI=1S/C10H17N5OS/c1-3-5-15-8(16)13-14-9(15)17-6-4-10(2,12)7-11/h3-6,12H2,1-2H3,(H,13,16). The van der Waals surface area contributed by atoms with Gasteiger partial charge in [0.1, 0.15) is 5.54 Å². The Bertz CT molecular complexity index is 456. The molecular formula is C10H17N5OS. The summed E-state index contributed by atoms with van der Waals surface area (Å²) < 4.78 is 1.60. The predicted molar refractivity (Wildman–Crippen MR) is 66.7 cm³/mol. The Hall–Kier alpha value is -1.26. The second-order valence-electron chi connectivity index (χ2n) is 4.09. The summed E-state index contributed by atoms with van der Waals surface area (Å²) >= 11 is 1.44. The highest BCUT2D eigenvalue weighted by Gasteiger charge is 2.17. The smallest absolute Gasteiger partial charge is 0.314 e. The molecule has 3 N–H and O–H groups in total. The summed E-state index contributed by atoms with van der Waals surface area (Å²) in [7, 11) is 0. The number of nitrogens with two attached hydrogens (primary N) is 1. The first-order valence-electron chi connectivity index (χ1n) is 5.48. The average Bonchev–Trinajstić information content (AvgIpc) is 2.62. The Morgan fingerprint density at radius 3 is 3.00 bits per heavy atom. The molecule has 0 saturated heterocycles. The number of nitrogens with one attached hydrogen (secondary N) is 1. The molecule has 0 aromatic carbocycles. The quantitative estimate of drug-likeness (QED) is 0.729. The predicted octanol–water partition coefficient (Wildman–Crippen LogP) is 0.705. The molecule has 1 atom stereocenters. The van der Waals surface area contributed by atoms with E-state index < -0.39 is 5.54 Å². The molecule has 1 unspecified atom stereocenters. The van der Waals surface area contributed by atoms with E-state index in [1.807, 2.05) is 13.0 Å². The van der Waals surface area contributed by atoms with Crippen LogP contribution in [0, 0.1) is 11.3 Å². The number of hydrogen-bond acceptors (Lipinski definition) is 5. The summed E-state index contributed by atoms with van der Waals surface area (Å²) in [6.45, 7) is 4.34. The monoisotopic (exact) mass is 255 g/mol. The molecule has 0 radical (unpaired) electrons. The SMILES string of the molecule is CCCn1c(SCCC(C)(N)C#N)n[nH]c1=O. The molecule has 94 valence electrons. The number of H-pyrrole nitrogens is 1. The number of nitrogens with zero attached hydrogens (tertiary/aromatic N) is 3. The lowest BCUT2D eigenvalue weighted by atomic mass is 10.0. The third-order valence-electron chi connectivity index (χ3n) is 2.28. The number of thioether (sulfide) groups is 1. The molecule has 7 heteroatoms. The largest absolute Gasteiger partial charge is 0.343 e. The van der Waals surface area contributed by atoms with Crippen LogP contribution in [-0.4, -0.2) is 26.1 Å². The minimum absolute atomic E-state index is 0.190. The van der Waals surface area contributed by atoms with Crippen LogP contribution >= 0.6 is 11.8 Å². The van der Waals surface area contributed by atoms with Crippen LogP contribution in [0.3, 0.4) is 0 Å². The Morgan fingerprint density at radius 2 is 2.41 bits per heavy atom. The zero-order valence-corrected chi connectivity index (χ0v) is 10.9. The van der Waals surface area contributed by atoms with E-state index in [0.29, 0.717) is 23.9 Å². The summed E-state index contributed by atoms with van der Waals surface area (Å²) in [5.74, 6) is 0.661. The fourth-order valence-electron chi connectivity index (χ4n) is 1.24. The van der Waals surface area contributed by atoms with E-state index in [1.165, 1.54) is 11.8 Å². The van der Waals surface area contributed by atoms with Gasteiger partial charge in [-0.1, -0.05) is 18.7 Å². The molecular weight excluding hydrogens is 238 g/mol. The number of aromatic nitrogens is 3. The van der Waals surface area contributed by atoms with Gasteiger partial charge in [0.05, 0.1) is 6.07 Å². The van der Waals surface area contributed by atoms with Crippen molar-refractivity contribution in [2.24, 2.45) is 5.73 Å². The van der Waals surface area contributed by atoms with Crippen molar-refractivity contribution in [2.75, 3.05) is 5.75 Å². The van der Waals surface area contributed by atoms with Crippen molar-refractivity contribution in [3.8, 4) is 6.07 Å². The lowest BCUT2D eigenvalue weighted by Gasteiger charge is -2.13. The summed E-state index contributed by atoms with van der Waals surface area (Å²) in [5, 5.41) is 15.8. The molecule has 0 spiro atoms. The summed E-state index contributed by atoms with van der Waals surface area (Å²) in [6.07, 6.45) is 1.43. The molecule has 6 nitrogen and oxygen atoms in total. The minimum Gasteiger partial charge on any atom is -0.314 e. The second-order valence-corrected chi connectivity index (χ2v) is 5.15. The average molecular weight is 255 g/mol. The number of rotatable bonds is 6. The number of hydrogen-bond donors (Lipinski definition) is 2. The van der Waals surface area contributed by atoms with Crippen molar-refractivity contribution in [3.05, 3.63) is 10.5 Å². The first kappa shape index (κ1) is 13.8. The van der Waals surface area contributed by atoms with E-state index in [1.54, 1.807) is 11.5 Å². The molecule has 0 bridgehead atoms. The highest BCUT2D eigenvalue weighted by molar-refractivity contribution is 7.99. The zero-order chi connectivity index (χ0) is 12.9. The molecule has 0 aliphatic carbocycles. The van der Waals surface area contributed by atoms with Gasteiger partial charge in [0.2, 0.25) is 0 Å². The summed E-state index contributed by atoms with van der Waals surface area (Å²) in [4.78, 5) is 11.4. The van der Waals surface area contributed by atoms with Gasteiger partial charge >= 0.3 is 5.69 Å². The summed E-state index contributed by atoms with van der Waals surface area (Å²) in [5.41, 5.74) is 4.70. The third-order valence-corrected chi connectivity index (χ3v) is 3.26. The van der Waals surface area contributed by atoms with Crippen LogP contribution in [0.25, 0.3) is 0 Å². The fourth-order valence-corrected chi connectivity index (χ4v) is 2.39. The fraction of sp³-hybridized carbons (Fsp3) is 0.700. The lowest BCUT2D eigenvalue weighted by molar-refractivity contribution is 0.579. The van der Waals surface area contributed by atoms with Gasteiger partial charge in [-0.2, -0.15) is 5.26 Å². The molecule has 0 aliphatic heterocycles. The maximum Gasteiger partial charge on any atom is 0.343 e. The van der Waals surface area contributed by atoms with Crippen molar-refractivity contribution in [1.82, 2.24) is 14.8 Å². The van der Waals surface area contributed by atoms with Gasteiger partial charge in [0, 0.05) is 12.3 Å². The minimum atomic E-state index is -0.820. The van der Waals surface area contributed by atoms with Gasteiger partial charge in [-0.15, -0.1) is 5.10 Å². The Kier molecular flexibility index (Phi) is 4.78. The molecule has 0 saturated carbocycles. The third kappa shape index (κ3) is 3.91. The number of aromatic amines is 1. The van der Waals surface area contributed by atoms with Crippen LogP contribution in [0.5, 0.6) is 0 Å². The van der Waals surface area contributed by atoms with Crippen molar-refractivity contribution >= 4 is 11.8 Å². The van der Waals surface area contributed by atoms with Gasteiger partial charge < -0.3 is 5.73 Å². The van der Waals surface area contributed by atoms with Crippen LogP contribution in [0.4, 0.5) is 0 Å². The maximum absolute atomic E-state index is 11.4. The highest BCUT2D eigenvalue weighted by Crippen LogP contribution is 2.17. The van der Waals surface area contributed by atoms with E-state index in [0.717, 1.165) is 6.42 Å². The Labute approximate surface area is 104 Å². The van der Waals surface area contributed by atoms with Crippen molar-refractivity contribution in [2.45, 2.75) is 43.9 Å². The van der Waals surface area contributed by atoms with Crippen molar-refractivity contribution in [1.29, 1.82) is 5.26 Å². The Morgan fingerprint density at radius 1 is 1.71 bits per heavy atom. The van der Waals surface area contributed by atoms with Crippen molar-refractivity contribution in [3.63, 3.8) is 0 Å². The van der Waals surface area contributed by atoms with Gasteiger partial charge in [-0.05, 0) is 19.8 Å². The molecule has 0 amide bonds. The van der Waals surface area contributed by atoms with Crippen molar-refractivity contribution < 1.29 is 0 Å². The van der Waals surface area contributed by atoms with Crippen LogP contribution < -0.4 is 11.4 Å². The molecule has 17 heavy (non-hydrogen) atoms. The molecule has 1 aromatic heterocycles. The first-order valence-corrected chi connectivity index (χ1v) is 6.47. The van der Waals surface area contributed by atoms with Gasteiger partial charge in [-0.25, -0.2) is 9.89 Å². The molecule has 0 aliphatic rings. The van der Waals surface area contributed by atoms with E-state index in [2.05, 4.69) is 10.2 Å². The zero-order valence-electron chi connectivity index (χ0n) is 10.1. The van der Waals surface area contributed by atoms with E-state index in [-0.39, 0.29) is 5.69 Å². The van der Waals surface area contributed by atoms with Gasteiger partial charge in [-0.3, -0.25) is 4.57 Å². The first-order chi connectivity index (χ1) is 8.00. The Balaban J connectivity index is 2.59. The van der Waals surface area contributed by atoms with Crippen LogP contribution in [0.2, 0.25) is 0 Å². The molecule has 1 aromatic rings. The normalized spacial score (nSPS) is 14.2. The molecule has 1 rings (SSSR count). The van der Waals surface area contributed by atoms with Crippen LogP contribution in [0.1, 0.15) is 26.7 Å². The molecule has 1 heterocycles. The van der Waals surface area contributed by atoms with Crippen LogP contribution in [0.15, 0.2) is 9.95 Å². The highest BCUT2D eigenvalue weighted by atomic mass is 32.2. The second kappa shape index (κ2) is 5.89. The number of nitriles is 1. The van der Waals surface area contributed by atoms with Crippen LogP contribution in [-0.2, 0) is 6.54 Å². The maximum atomic E-state index is 11.4. The molecule has 0 fully saturated rings. The lowest BCUT2D eigenvalue weighted by Crippen LogP contribution is -2.34. The van der Waals surface area contributed by atoms with Gasteiger partial charge in [0.15, 0.2) is 5.16 Å². The topological polar surface area (TPSA) is 100 Å².